The molecule has 0 bridgehead atoms. The second kappa shape index (κ2) is 11.5. The SMILES string of the molecule is CCc1ccc(CNC(=O)[C@@H]2CC(=O)N(c3ccc(OCC(=O)Nc4ccc(C)cc4)cc3)C2)cc1. The second-order valence-corrected chi connectivity index (χ2v) is 8.99. The summed E-state index contributed by atoms with van der Waals surface area (Å²) in [5, 5.41) is 5.74. The molecule has 1 atom stereocenters. The van der Waals surface area contributed by atoms with E-state index in [9.17, 15) is 14.4 Å². The van der Waals surface area contributed by atoms with Crippen molar-refractivity contribution >= 4 is 29.1 Å². The van der Waals surface area contributed by atoms with E-state index >= 15 is 0 Å². The smallest absolute Gasteiger partial charge is 0.262 e. The topological polar surface area (TPSA) is 87.7 Å². The molecule has 0 radical (unpaired) electrons. The molecule has 3 aromatic carbocycles. The number of rotatable bonds is 9. The quantitative estimate of drug-likeness (QED) is 0.475. The molecule has 0 aromatic heterocycles. The van der Waals surface area contributed by atoms with E-state index in [-0.39, 0.29) is 30.7 Å². The minimum Gasteiger partial charge on any atom is -0.484 e. The average Bonchev–Trinajstić information content (AvgIpc) is 3.29. The highest BCUT2D eigenvalue weighted by Crippen LogP contribution is 2.27. The number of anilines is 2. The summed E-state index contributed by atoms with van der Waals surface area (Å²) in [6.45, 7) is 4.73. The Balaban J connectivity index is 1.25. The number of hydrogen-bond donors (Lipinski definition) is 2. The summed E-state index contributed by atoms with van der Waals surface area (Å²) in [6.07, 6.45) is 1.15. The van der Waals surface area contributed by atoms with Gasteiger partial charge in [-0.05, 0) is 60.9 Å². The minimum atomic E-state index is -0.395. The van der Waals surface area contributed by atoms with Crippen molar-refractivity contribution in [3.63, 3.8) is 0 Å². The van der Waals surface area contributed by atoms with Crippen LogP contribution >= 0.6 is 0 Å². The van der Waals surface area contributed by atoms with Crippen LogP contribution in [0.2, 0.25) is 0 Å². The zero-order valence-electron chi connectivity index (χ0n) is 20.6. The summed E-state index contributed by atoms with van der Waals surface area (Å²) in [5.74, 6) is -0.340. The predicted octanol–water partition coefficient (Wildman–Crippen LogP) is 4.24. The van der Waals surface area contributed by atoms with Crippen LogP contribution in [-0.4, -0.2) is 30.9 Å². The molecule has 1 heterocycles. The normalized spacial score (nSPS) is 15.0. The lowest BCUT2D eigenvalue weighted by molar-refractivity contribution is -0.126. The van der Waals surface area contributed by atoms with Gasteiger partial charge in [0.15, 0.2) is 6.61 Å². The molecule has 0 saturated carbocycles. The highest BCUT2D eigenvalue weighted by Gasteiger charge is 2.35. The number of carbonyl (C=O) groups is 3. The Morgan fingerprint density at radius 3 is 2.28 bits per heavy atom. The van der Waals surface area contributed by atoms with Crippen LogP contribution in [0.5, 0.6) is 5.75 Å². The van der Waals surface area contributed by atoms with E-state index in [1.165, 1.54) is 5.56 Å². The number of carbonyl (C=O) groups excluding carboxylic acids is 3. The van der Waals surface area contributed by atoms with Gasteiger partial charge in [-0.15, -0.1) is 0 Å². The third-order valence-electron chi connectivity index (χ3n) is 6.25. The zero-order chi connectivity index (χ0) is 25.5. The number of benzene rings is 3. The van der Waals surface area contributed by atoms with Crippen LogP contribution in [0.3, 0.4) is 0 Å². The van der Waals surface area contributed by atoms with Crippen LogP contribution in [0.25, 0.3) is 0 Å². The largest absolute Gasteiger partial charge is 0.484 e. The van der Waals surface area contributed by atoms with Gasteiger partial charge in [-0.3, -0.25) is 14.4 Å². The van der Waals surface area contributed by atoms with Crippen LogP contribution in [0.4, 0.5) is 11.4 Å². The molecule has 3 amide bonds. The summed E-state index contributed by atoms with van der Waals surface area (Å²) in [5.41, 5.74) is 4.81. The van der Waals surface area contributed by atoms with Gasteiger partial charge in [0.2, 0.25) is 11.8 Å². The van der Waals surface area contributed by atoms with Gasteiger partial charge in [0.05, 0.1) is 5.92 Å². The van der Waals surface area contributed by atoms with Crippen LogP contribution < -0.4 is 20.3 Å². The lowest BCUT2D eigenvalue weighted by Crippen LogP contribution is -2.32. The van der Waals surface area contributed by atoms with Gasteiger partial charge in [0.25, 0.3) is 5.91 Å². The molecular weight excluding hydrogens is 454 g/mol. The van der Waals surface area contributed by atoms with Gasteiger partial charge in [-0.25, -0.2) is 0 Å². The Kier molecular flexibility index (Phi) is 8.00. The molecule has 186 valence electrons. The Bertz CT molecular complexity index is 1200. The predicted molar refractivity (Wildman–Crippen MR) is 140 cm³/mol. The van der Waals surface area contributed by atoms with E-state index in [4.69, 9.17) is 4.74 Å². The number of nitrogens with one attached hydrogen (secondary N) is 2. The highest BCUT2D eigenvalue weighted by atomic mass is 16.5. The first kappa shape index (κ1) is 25.0. The molecular formula is C29H31N3O4. The maximum Gasteiger partial charge on any atom is 0.262 e. The average molecular weight is 486 g/mol. The van der Waals surface area contributed by atoms with Crippen molar-refractivity contribution in [2.45, 2.75) is 33.2 Å². The zero-order valence-corrected chi connectivity index (χ0v) is 20.6. The van der Waals surface area contributed by atoms with Gasteiger partial charge >= 0.3 is 0 Å². The number of nitrogens with zero attached hydrogens (tertiary/aromatic N) is 1. The highest BCUT2D eigenvalue weighted by molar-refractivity contribution is 6.00. The Morgan fingerprint density at radius 1 is 0.944 bits per heavy atom. The van der Waals surface area contributed by atoms with E-state index in [0.29, 0.717) is 30.2 Å². The maximum absolute atomic E-state index is 12.7. The fourth-order valence-electron chi connectivity index (χ4n) is 4.06. The molecule has 2 N–H and O–H groups in total. The summed E-state index contributed by atoms with van der Waals surface area (Å²) in [4.78, 5) is 39.0. The summed E-state index contributed by atoms with van der Waals surface area (Å²) in [6, 6.07) is 22.6. The standard InChI is InChI=1S/C29H31N3O4/c1-3-21-6-8-22(9-7-21)17-30-29(35)23-16-28(34)32(18-23)25-12-14-26(15-13-25)36-19-27(33)31-24-10-4-20(2)5-11-24/h4-15,23H,3,16-19H2,1-2H3,(H,30,35)(H,31,33)/t23-/m1/s1. The fourth-order valence-corrected chi connectivity index (χ4v) is 4.06. The van der Waals surface area contributed by atoms with Crippen LogP contribution in [-0.2, 0) is 27.3 Å². The maximum atomic E-state index is 12.7. The van der Waals surface area contributed by atoms with Crippen molar-refractivity contribution in [3.05, 3.63) is 89.5 Å². The molecule has 0 spiro atoms. The molecule has 1 fully saturated rings. The van der Waals surface area contributed by atoms with E-state index in [1.807, 2.05) is 43.3 Å². The van der Waals surface area contributed by atoms with Gasteiger partial charge < -0.3 is 20.3 Å². The van der Waals surface area contributed by atoms with Crippen molar-refractivity contribution in [3.8, 4) is 5.75 Å². The van der Waals surface area contributed by atoms with Crippen molar-refractivity contribution in [2.75, 3.05) is 23.4 Å². The van der Waals surface area contributed by atoms with Gasteiger partial charge in [-0.1, -0.05) is 48.9 Å². The second-order valence-electron chi connectivity index (χ2n) is 8.99. The Hall–Kier alpha value is -4.13. The molecule has 1 aliphatic heterocycles. The van der Waals surface area contributed by atoms with E-state index in [2.05, 4.69) is 29.7 Å². The van der Waals surface area contributed by atoms with Crippen molar-refractivity contribution in [2.24, 2.45) is 5.92 Å². The van der Waals surface area contributed by atoms with Gasteiger partial charge in [0, 0.05) is 30.9 Å². The molecule has 36 heavy (non-hydrogen) atoms. The summed E-state index contributed by atoms with van der Waals surface area (Å²) >= 11 is 0. The molecule has 7 heteroatoms. The van der Waals surface area contributed by atoms with Gasteiger partial charge in [-0.2, -0.15) is 0 Å². The van der Waals surface area contributed by atoms with Gasteiger partial charge in [0.1, 0.15) is 5.75 Å². The number of aryl methyl sites for hydroxylation is 2. The lowest BCUT2D eigenvalue weighted by atomic mass is 10.1. The Labute approximate surface area is 211 Å². The third kappa shape index (κ3) is 6.50. The summed E-state index contributed by atoms with van der Waals surface area (Å²) in [7, 11) is 0. The molecule has 0 unspecified atom stereocenters. The van der Waals surface area contributed by atoms with Crippen molar-refractivity contribution < 1.29 is 19.1 Å². The molecule has 1 saturated heterocycles. The monoisotopic (exact) mass is 485 g/mol. The number of hydrogen-bond acceptors (Lipinski definition) is 4. The van der Waals surface area contributed by atoms with Crippen LogP contribution in [0, 0.1) is 12.8 Å². The van der Waals surface area contributed by atoms with E-state index in [0.717, 1.165) is 17.5 Å². The van der Waals surface area contributed by atoms with Crippen molar-refractivity contribution in [1.29, 1.82) is 0 Å². The Morgan fingerprint density at radius 2 is 1.61 bits per heavy atom. The molecule has 7 nitrogen and oxygen atoms in total. The third-order valence-corrected chi connectivity index (χ3v) is 6.25. The summed E-state index contributed by atoms with van der Waals surface area (Å²) < 4.78 is 5.58. The molecule has 1 aliphatic rings. The first-order valence-corrected chi connectivity index (χ1v) is 12.2. The van der Waals surface area contributed by atoms with Crippen molar-refractivity contribution in [1.82, 2.24) is 5.32 Å². The molecule has 0 aliphatic carbocycles. The fraction of sp³-hybridized carbons (Fsp3) is 0.276. The van der Waals surface area contributed by atoms with E-state index < -0.39 is 5.92 Å². The number of ether oxygens (including phenoxy) is 1. The van der Waals surface area contributed by atoms with E-state index in [1.54, 1.807) is 29.2 Å². The minimum absolute atomic E-state index is 0.0893. The lowest BCUT2D eigenvalue weighted by Gasteiger charge is -2.17. The first-order valence-electron chi connectivity index (χ1n) is 12.2. The van der Waals surface area contributed by atoms with Crippen LogP contribution in [0.15, 0.2) is 72.8 Å². The first-order chi connectivity index (χ1) is 17.4. The molecule has 3 aromatic rings. The molecule has 4 rings (SSSR count). The van der Waals surface area contributed by atoms with Crippen LogP contribution in [0.1, 0.15) is 30.0 Å². The number of amides is 3.